The minimum absolute atomic E-state index is 0.0634. The Labute approximate surface area is 70.0 Å². The number of nitrogens with zero attached hydrogens (tertiary/aromatic N) is 2. The molecule has 0 fully saturated rings. The molecule has 1 aromatic heterocycles. The number of carboxylic acid groups (broad SMARTS) is 1. The van der Waals surface area contributed by atoms with Gasteiger partial charge < -0.3 is 15.0 Å². The minimum Gasteiger partial charge on any atom is -0.476 e. The lowest BCUT2D eigenvalue weighted by molar-refractivity contribution is 0.0691. The first-order valence-corrected chi connectivity index (χ1v) is 3.65. The number of rotatable bonds is 3. The first-order valence-electron chi connectivity index (χ1n) is 3.65. The van der Waals surface area contributed by atoms with Crippen molar-refractivity contribution in [2.24, 2.45) is 7.05 Å². The molecule has 0 bridgehead atoms. The van der Waals surface area contributed by atoms with Crippen molar-refractivity contribution in [3.8, 4) is 0 Å². The molecule has 0 saturated carbocycles. The molecular weight excluding hydrogens is 158 g/mol. The quantitative estimate of drug-likeness (QED) is 0.693. The van der Waals surface area contributed by atoms with Gasteiger partial charge in [0, 0.05) is 19.8 Å². The van der Waals surface area contributed by atoms with E-state index in [0.717, 1.165) is 6.54 Å². The van der Waals surface area contributed by atoms with Crippen LogP contribution in [0.15, 0.2) is 6.20 Å². The number of imidazole rings is 1. The summed E-state index contributed by atoms with van der Waals surface area (Å²) in [4.78, 5) is 14.3. The summed E-state index contributed by atoms with van der Waals surface area (Å²) >= 11 is 0. The van der Waals surface area contributed by atoms with Gasteiger partial charge in [-0.15, -0.1) is 0 Å². The summed E-state index contributed by atoms with van der Waals surface area (Å²) in [5.41, 5.74) is 0.0634. The number of aryl methyl sites for hydroxylation is 1. The Kier molecular flexibility index (Phi) is 2.32. The van der Waals surface area contributed by atoms with Crippen LogP contribution in [0, 0.1) is 0 Å². The molecule has 5 nitrogen and oxygen atoms in total. The first kappa shape index (κ1) is 8.58. The van der Waals surface area contributed by atoms with E-state index < -0.39 is 5.97 Å². The van der Waals surface area contributed by atoms with Crippen LogP contribution in [0.1, 0.15) is 17.4 Å². The zero-order valence-corrected chi connectivity index (χ0v) is 7.03. The van der Waals surface area contributed by atoms with Crippen LogP contribution < -0.4 is 5.32 Å². The van der Waals surface area contributed by atoms with Gasteiger partial charge in [-0.05, 0) is 6.92 Å². The molecular formula is C7H11N3O2. The Morgan fingerprint density at radius 1 is 1.83 bits per heavy atom. The van der Waals surface area contributed by atoms with Crippen LogP contribution in [0.25, 0.3) is 0 Å². The van der Waals surface area contributed by atoms with Crippen molar-refractivity contribution < 1.29 is 9.90 Å². The van der Waals surface area contributed by atoms with Gasteiger partial charge in [-0.3, -0.25) is 0 Å². The van der Waals surface area contributed by atoms with Gasteiger partial charge in [0.2, 0.25) is 5.95 Å². The number of anilines is 1. The summed E-state index contributed by atoms with van der Waals surface area (Å²) in [6.45, 7) is 2.65. The smallest absolute Gasteiger partial charge is 0.356 e. The molecule has 0 radical (unpaired) electrons. The molecule has 1 rings (SSSR count). The normalized spacial score (nSPS) is 9.83. The molecule has 0 aliphatic carbocycles. The molecule has 0 aliphatic heterocycles. The highest BCUT2D eigenvalue weighted by Crippen LogP contribution is 2.05. The zero-order valence-electron chi connectivity index (χ0n) is 7.03. The van der Waals surface area contributed by atoms with Crippen LogP contribution in [0.2, 0.25) is 0 Å². The van der Waals surface area contributed by atoms with Gasteiger partial charge in [-0.25, -0.2) is 9.78 Å². The summed E-state index contributed by atoms with van der Waals surface area (Å²) in [5, 5.41) is 11.5. The molecule has 1 aromatic rings. The monoisotopic (exact) mass is 169 g/mol. The number of carboxylic acids is 1. The molecule has 0 aromatic carbocycles. The van der Waals surface area contributed by atoms with Crippen molar-refractivity contribution in [1.29, 1.82) is 0 Å². The molecule has 0 amide bonds. The predicted molar refractivity (Wildman–Crippen MR) is 44.3 cm³/mol. The summed E-state index contributed by atoms with van der Waals surface area (Å²) in [6, 6.07) is 0. The highest BCUT2D eigenvalue weighted by molar-refractivity contribution is 5.85. The van der Waals surface area contributed by atoms with E-state index in [0.29, 0.717) is 5.95 Å². The van der Waals surface area contributed by atoms with Gasteiger partial charge in [-0.2, -0.15) is 0 Å². The lowest BCUT2D eigenvalue weighted by atomic mass is 10.5. The van der Waals surface area contributed by atoms with Crippen LogP contribution in [-0.2, 0) is 7.05 Å². The SMILES string of the molecule is CCNc1nc(C(=O)O)cn1C. The van der Waals surface area contributed by atoms with Crippen molar-refractivity contribution in [3.05, 3.63) is 11.9 Å². The van der Waals surface area contributed by atoms with Crippen molar-refractivity contribution in [2.45, 2.75) is 6.92 Å². The van der Waals surface area contributed by atoms with Crippen LogP contribution >= 0.6 is 0 Å². The molecule has 66 valence electrons. The highest BCUT2D eigenvalue weighted by atomic mass is 16.4. The third-order valence-electron chi connectivity index (χ3n) is 1.43. The highest BCUT2D eigenvalue weighted by Gasteiger charge is 2.09. The molecule has 2 N–H and O–H groups in total. The fourth-order valence-electron chi connectivity index (χ4n) is 0.892. The summed E-state index contributed by atoms with van der Waals surface area (Å²) in [5.74, 6) is -0.426. The summed E-state index contributed by atoms with van der Waals surface area (Å²) in [7, 11) is 1.75. The van der Waals surface area contributed by atoms with E-state index >= 15 is 0 Å². The van der Waals surface area contributed by atoms with E-state index in [-0.39, 0.29) is 5.69 Å². The van der Waals surface area contributed by atoms with Crippen LogP contribution in [0.5, 0.6) is 0 Å². The Bertz CT molecular complexity index is 293. The van der Waals surface area contributed by atoms with E-state index in [9.17, 15) is 4.79 Å². The van der Waals surface area contributed by atoms with Gasteiger partial charge in [-0.1, -0.05) is 0 Å². The Hall–Kier alpha value is -1.52. The van der Waals surface area contributed by atoms with Gasteiger partial charge in [0.15, 0.2) is 5.69 Å². The van der Waals surface area contributed by atoms with Crippen molar-refractivity contribution in [2.75, 3.05) is 11.9 Å². The van der Waals surface area contributed by atoms with Crippen LogP contribution in [0.3, 0.4) is 0 Å². The lowest BCUT2D eigenvalue weighted by Gasteiger charge is -1.99. The lowest BCUT2D eigenvalue weighted by Crippen LogP contribution is -2.03. The first-order chi connectivity index (χ1) is 5.65. The standard InChI is InChI=1S/C7H11N3O2/c1-3-8-7-9-5(6(11)12)4-10(7)2/h4H,3H2,1-2H3,(H,8,9)(H,11,12). The fraction of sp³-hybridized carbons (Fsp3) is 0.429. The number of aromatic nitrogens is 2. The van der Waals surface area contributed by atoms with Crippen molar-refractivity contribution >= 4 is 11.9 Å². The zero-order chi connectivity index (χ0) is 9.14. The van der Waals surface area contributed by atoms with Crippen LogP contribution in [0.4, 0.5) is 5.95 Å². The van der Waals surface area contributed by atoms with E-state index in [1.165, 1.54) is 6.20 Å². The number of hydrogen-bond donors (Lipinski definition) is 2. The molecule has 0 aliphatic rings. The van der Waals surface area contributed by atoms with Gasteiger partial charge >= 0.3 is 5.97 Å². The second-order valence-corrected chi connectivity index (χ2v) is 2.40. The fourth-order valence-corrected chi connectivity index (χ4v) is 0.892. The number of carbonyl (C=O) groups is 1. The summed E-state index contributed by atoms with van der Waals surface area (Å²) < 4.78 is 1.65. The molecule has 0 atom stereocenters. The van der Waals surface area contributed by atoms with E-state index in [2.05, 4.69) is 10.3 Å². The third kappa shape index (κ3) is 1.55. The Morgan fingerprint density at radius 3 is 2.92 bits per heavy atom. The van der Waals surface area contributed by atoms with Gasteiger partial charge in [0.05, 0.1) is 0 Å². The van der Waals surface area contributed by atoms with E-state index in [1.54, 1.807) is 11.6 Å². The number of aromatic carboxylic acids is 1. The van der Waals surface area contributed by atoms with Gasteiger partial charge in [0.1, 0.15) is 0 Å². The second kappa shape index (κ2) is 3.25. The maximum Gasteiger partial charge on any atom is 0.356 e. The second-order valence-electron chi connectivity index (χ2n) is 2.40. The predicted octanol–water partition coefficient (Wildman–Crippen LogP) is 0.550. The topological polar surface area (TPSA) is 67.2 Å². The van der Waals surface area contributed by atoms with Crippen LogP contribution in [-0.4, -0.2) is 27.2 Å². The number of nitrogens with one attached hydrogen (secondary N) is 1. The maximum atomic E-state index is 10.5. The van der Waals surface area contributed by atoms with E-state index in [4.69, 9.17) is 5.11 Å². The molecule has 12 heavy (non-hydrogen) atoms. The number of hydrogen-bond acceptors (Lipinski definition) is 3. The molecule has 1 heterocycles. The van der Waals surface area contributed by atoms with E-state index in [1.807, 2.05) is 6.92 Å². The Morgan fingerprint density at radius 2 is 2.50 bits per heavy atom. The minimum atomic E-state index is -1.00. The molecule has 0 unspecified atom stereocenters. The third-order valence-corrected chi connectivity index (χ3v) is 1.43. The van der Waals surface area contributed by atoms with Crippen molar-refractivity contribution in [1.82, 2.24) is 9.55 Å². The Balaban J connectivity index is 2.92. The molecule has 5 heteroatoms. The molecule has 0 saturated heterocycles. The molecule has 0 spiro atoms. The average Bonchev–Trinajstić information content (AvgIpc) is 2.34. The van der Waals surface area contributed by atoms with Gasteiger partial charge in [0.25, 0.3) is 0 Å². The largest absolute Gasteiger partial charge is 0.476 e. The van der Waals surface area contributed by atoms with Crippen molar-refractivity contribution in [3.63, 3.8) is 0 Å². The maximum absolute atomic E-state index is 10.5. The summed E-state index contributed by atoms with van der Waals surface area (Å²) in [6.07, 6.45) is 1.47. The average molecular weight is 169 g/mol.